The van der Waals surface area contributed by atoms with Crippen molar-refractivity contribution in [1.82, 2.24) is 10.2 Å². The average molecular weight is 604 g/mol. The Bertz CT molecular complexity index is 1470. The monoisotopic (exact) mass is 603 g/mol. The minimum absolute atomic E-state index is 0.170. The number of rotatable bonds is 9. The van der Waals surface area contributed by atoms with Crippen LogP contribution in [-0.2, 0) is 27.3 Å². The van der Waals surface area contributed by atoms with Crippen LogP contribution in [0.4, 0.5) is 5.69 Å². The molecule has 0 aromatic heterocycles. The Labute approximate surface area is 255 Å². The van der Waals surface area contributed by atoms with Crippen LogP contribution < -0.4 is 10.6 Å². The second kappa shape index (κ2) is 11.4. The van der Waals surface area contributed by atoms with E-state index in [1.165, 1.54) is 0 Å². The Balaban J connectivity index is 1.36. The molecule has 0 aliphatic carbocycles. The van der Waals surface area contributed by atoms with Gasteiger partial charge in [-0.15, -0.1) is 11.8 Å². The maximum Gasteiger partial charge on any atom is 0.248 e. The van der Waals surface area contributed by atoms with Crippen LogP contribution in [0, 0.1) is 11.8 Å². The highest BCUT2D eigenvalue weighted by atomic mass is 35.5. The molecular weight excluding hydrogens is 570 g/mol. The van der Waals surface area contributed by atoms with E-state index in [-0.39, 0.29) is 24.3 Å². The molecule has 3 saturated heterocycles. The maximum absolute atomic E-state index is 14.5. The van der Waals surface area contributed by atoms with Gasteiger partial charge in [0, 0.05) is 22.0 Å². The van der Waals surface area contributed by atoms with Gasteiger partial charge >= 0.3 is 0 Å². The fourth-order valence-electron chi connectivity index (χ4n) is 7.23. The number of aliphatic hydroxyl groups is 1. The molecule has 3 aliphatic rings. The number of aliphatic hydroxyl groups excluding tert-OH is 1. The first-order valence-corrected chi connectivity index (χ1v) is 15.5. The smallest absolute Gasteiger partial charge is 0.248 e. The van der Waals surface area contributed by atoms with Crippen molar-refractivity contribution >= 4 is 46.8 Å². The number of amides is 3. The lowest BCUT2D eigenvalue weighted by Crippen LogP contribution is -2.55. The van der Waals surface area contributed by atoms with Gasteiger partial charge in [0.2, 0.25) is 17.7 Å². The molecule has 42 heavy (non-hydrogen) atoms. The third-order valence-electron chi connectivity index (χ3n) is 9.08. The molecule has 1 spiro atoms. The number of carbonyl (C=O) groups is 3. The summed E-state index contributed by atoms with van der Waals surface area (Å²) in [6.45, 7) is 2.11. The maximum atomic E-state index is 14.5. The molecule has 3 aromatic rings. The third kappa shape index (κ3) is 4.99. The van der Waals surface area contributed by atoms with Gasteiger partial charge in [-0.3, -0.25) is 14.4 Å². The lowest BCUT2D eigenvalue weighted by atomic mass is 9.66. The summed E-state index contributed by atoms with van der Waals surface area (Å²) in [6, 6.07) is 24.7. The van der Waals surface area contributed by atoms with E-state index in [9.17, 15) is 19.5 Å². The van der Waals surface area contributed by atoms with Gasteiger partial charge < -0.3 is 20.6 Å². The SMILES string of the molecule is C[C@@]12CCC3(S1)C(C(=O)Nc1ccc(Cl)cc1)N([C@@H](CO)Cc1ccccc1)C(=O)[C@@H]3[C@@H]2C(=O)NCc1ccccc1. The number of carbonyl (C=O) groups excluding carboxylic acids is 3. The summed E-state index contributed by atoms with van der Waals surface area (Å²) in [7, 11) is 0. The van der Waals surface area contributed by atoms with Crippen LogP contribution in [0.1, 0.15) is 30.9 Å². The van der Waals surface area contributed by atoms with Crippen molar-refractivity contribution in [1.29, 1.82) is 0 Å². The lowest BCUT2D eigenvalue weighted by molar-refractivity contribution is -0.142. The Morgan fingerprint density at radius 3 is 2.26 bits per heavy atom. The Morgan fingerprint density at radius 2 is 1.62 bits per heavy atom. The number of anilines is 1. The highest BCUT2D eigenvalue weighted by Gasteiger charge is 2.77. The first-order valence-electron chi connectivity index (χ1n) is 14.3. The summed E-state index contributed by atoms with van der Waals surface area (Å²) in [4.78, 5) is 44.2. The minimum atomic E-state index is -0.856. The number of fused-ring (bicyclic) bond motifs is 1. The Morgan fingerprint density at radius 1 is 0.976 bits per heavy atom. The molecule has 7 nitrogen and oxygen atoms in total. The van der Waals surface area contributed by atoms with E-state index in [0.29, 0.717) is 36.5 Å². The summed E-state index contributed by atoms with van der Waals surface area (Å²) in [5.41, 5.74) is 2.50. The predicted octanol–water partition coefficient (Wildman–Crippen LogP) is 4.68. The molecule has 2 unspecified atom stereocenters. The molecular formula is C33H34ClN3O4S. The van der Waals surface area contributed by atoms with E-state index in [1.807, 2.05) is 60.7 Å². The topological polar surface area (TPSA) is 98.7 Å². The van der Waals surface area contributed by atoms with Gasteiger partial charge in [-0.05, 0) is 61.6 Å². The van der Waals surface area contributed by atoms with Crippen molar-refractivity contribution in [3.05, 3.63) is 101 Å². The molecule has 6 atom stereocenters. The van der Waals surface area contributed by atoms with Crippen LogP contribution in [0.15, 0.2) is 84.9 Å². The van der Waals surface area contributed by atoms with E-state index in [2.05, 4.69) is 17.6 Å². The number of hydrogen-bond donors (Lipinski definition) is 3. The minimum Gasteiger partial charge on any atom is -0.394 e. The van der Waals surface area contributed by atoms with Crippen molar-refractivity contribution in [3.63, 3.8) is 0 Å². The van der Waals surface area contributed by atoms with Crippen LogP contribution in [0.25, 0.3) is 0 Å². The number of thioether (sulfide) groups is 1. The van der Waals surface area contributed by atoms with Crippen LogP contribution in [-0.4, -0.2) is 55.9 Å². The van der Waals surface area contributed by atoms with Crippen molar-refractivity contribution < 1.29 is 19.5 Å². The van der Waals surface area contributed by atoms with Crippen molar-refractivity contribution in [2.75, 3.05) is 11.9 Å². The average Bonchev–Trinajstić information content (AvgIpc) is 3.57. The molecule has 6 rings (SSSR count). The zero-order valence-corrected chi connectivity index (χ0v) is 24.9. The molecule has 9 heteroatoms. The quantitative estimate of drug-likeness (QED) is 0.330. The normalized spacial score (nSPS) is 28.4. The first-order chi connectivity index (χ1) is 20.3. The molecule has 3 N–H and O–H groups in total. The van der Waals surface area contributed by atoms with E-state index < -0.39 is 33.4 Å². The Kier molecular flexibility index (Phi) is 7.81. The zero-order valence-electron chi connectivity index (χ0n) is 23.3. The number of halogens is 1. The molecule has 2 bridgehead atoms. The number of nitrogens with one attached hydrogen (secondary N) is 2. The van der Waals surface area contributed by atoms with Gasteiger partial charge in [0.1, 0.15) is 6.04 Å². The van der Waals surface area contributed by atoms with Gasteiger partial charge in [-0.1, -0.05) is 72.3 Å². The largest absolute Gasteiger partial charge is 0.394 e. The van der Waals surface area contributed by atoms with E-state index in [4.69, 9.17) is 11.6 Å². The molecule has 3 amide bonds. The summed E-state index contributed by atoms with van der Waals surface area (Å²) in [5.74, 6) is -2.00. The second-order valence-corrected chi connectivity index (χ2v) is 14.0. The van der Waals surface area contributed by atoms with Crippen LogP contribution >= 0.6 is 23.4 Å². The standard InChI is InChI=1S/C33H34ClN3O4S/c1-32-16-17-33(42-32)27(26(32)29(39)35-19-22-10-6-3-7-11-22)31(41)37(25(20-38)18-21-8-4-2-5-9-21)28(33)30(40)36-24-14-12-23(34)13-15-24/h2-15,25-28,38H,16-20H2,1H3,(H,35,39)(H,36,40)/t25-,26-,27+,28?,32+,33?/m1/s1. The number of nitrogens with zero attached hydrogens (tertiary/aromatic N) is 1. The first kappa shape index (κ1) is 28.8. The summed E-state index contributed by atoms with van der Waals surface area (Å²) in [5, 5.41) is 17.3. The third-order valence-corrected chi connectivity index (χ3v) is 11.3. The number of benzene rings is 3. The fourth-order valence-corrected chi connectivity index (χ4v) is 9.70. The van der Waals surface area contributed by atoms with Crippen molar-refractivity contribution in [2.24, 2.45) is 11.8 Å². The van der Waals surface area contributed by atoms with E-state index >= 15 is 0 Å². The molecule has 3 aromatic carbocycles. The van der Waals surface area contributed by atoms with Gasteiger partial charge in [0.25, 0.3) is 0 Å². The van der Waals surface area contributed by atoms with Crippen molar-refractivity contribution in [2.45, 2.75) is 54.3 Å². The fraction of sp³-hybridized carbons (Fsp3) is 0.364. The van der Waals surface area contributed by atoms with Gasteiger partial charge in [0.15, 0.2) is 0 Å². The lowest BCUT2D eigenvalue weighted by Gasteiger charge is -2.37. The van der Waals surface area contributed by atoms with Gasteiger partial charge in [-0.25, -0.2) is 0 Å². The highest BCUT2D eigenvalue weighted by Crippen LogP contribution is 2.71. The van der Waals surface area contributed by atoms with Crippen LogP contribution in [0.2, 0.25) is 5.02 Å². The van der Waals surface area contributed by atoms with Gasteiger partial charge in [0.05, 0.1) is 29.2 Å². The molecule has 0 radical (unpaired) electrons. The molecule has 0 saturated carbocycles. The predicted molar refractivity (Wildman–Crippen MR) is 165 cm³/mol. The summed E-state index contributed by atoms with van der Waals surface area (Å²) in [6.07, 6.45) is 1.74. The number of hydrogen-bond acceptors (Lipinski definition) is 5. The van der Waals surface area contributed by atoms with E-state index in [0.717, 1.165) is 11.1 Å². The molecule has 218 valence electrons. The Hall–Kier alpha value is -3.33. The molecule has 3 heterocycles. The summed E-state index contributed by atoms with van der Waals surface area (Å²) >= 11 is 7.68. The van der Waals surface area contributed by atoms with Gasteiger partial charge in [-0.2, -0.15) is 0 Å². The number of likely N-dealkylation sites (tertiary alicyclic amines) is 1. The highest BCUT2D eigenvalue weighted by molar-refractivity contribution is 8.02. The molecule has 3 fully saturated rings. The zero-order chi connectivity index (χ0) is 29.5. The second-order valence-electron chi connectivity index (χ2n) is 11.7. The summed E-state index contributed by atoms with van der Waals surface area (Å²) < 4.78 is -1.28. The van der Waals surface area contributed by atoms with Crippen LogP contribution in [0.3, 0.4) is 0 Å². The van der Waals surface area contributed by atoms with Crippen LogP contribution in [0.5, 0.6) is 0 Å². The molecule has 3 aliphatic heterocycles. The van der Waals surface area contributed by atoms with Crippen molar-refractivity contribution in [3.8, 4) is 0 Å². The van der Waals surface area contributed by atoms with E-state index in [1.54, 1.807) is 40.9 Å².